The van der Waals surface area contributed by atoms with Gasteiger partial charge in [0.05, 0.1) is 11.8 Å². The summed E-state index contributed by atoms with van der Waals surface area (Å²) in [5, 5.41) is 0. The van der Waals surface area contributed by atoms with Gasteiger partial charge in [-0.1, -0.05) is 36.4 Å². The van der Waals surface area contributed by atoms with Crippen LogP contribution in [0.3, 0.4) is 0 Å². The van der Waals surface area contributed by atoms with E-state index in [1.165, 1.54) is 12.2 Å². The van der Waals surface area contributed by atoms with Crippen LogP contribution >= 0.6 is 0 Å². The Bertz CT molecular complexity index is 1300. The lowest BCUT2D eigenvalue weighted by molar-refractivity contribution is -0.134. The maximum atomic E-state index is 13.5. The van der Waals surface area contributed by atoms with Gasteiger partial charge >= 0.3 is 0 Å². The molecule has 6 heteroatoms. The Morgan fingerprint density at radius 3 is 1.44 bits per heavy atom. The number of para-hydroxylation sites is 2. The van der Waals surface area contributed by atoms with Gasteiger partial charge in [0.1, 0.15) is 11.5 Å². The van der Waals surface area contributed by atoms with E-state index in [9.17, 15) is 19.2 Å². The average molecular weight is 452 g/mol. The van der Waals surface area contributed by atoms with Crippen molar-refractivity contribution in [2.24, 2.45) is 11.8 Å². The summed E-state index contributed by atoms with van der Waals surface area (Å²) in [5.74, 6) is -0.674. The summed E-state index contributed by atoms with van der Waals surface area (Å²) in [4.78, 5) is 53.1. The number of rotatable bonds is 0. The summed E-state index contributed by atoms with van der Waals surface area (Å²) < 4.78 is 12.3. The van der Waals surface area contributed by atoms with Crippen molar-refractivity contribution in [1.29, 1.82) is 0 Å². The third-order valence-corrected chi connectivity index (χ3v) is 7.72. The highest BCUT2D eigenvalue weighted by molar-refractivity contribution is 6.13. The van der Waals surface area contributed by atoms with E-state index in [1.807, 2.05) is 36.4 Å². The molecule has 0 saturated heterocycles. The van der Waals surface area contributed by atoms with E-state index in [0.29, 0.717) is 35.5 Å². The molecule has 4 atom stereocenters. The molecule has 0 saturated carbocycles. The van der Waals surface area contributed by atoms with E-state index in [2.05, 4.69) is 0 Å². The Morgan fingerprint density at radius 2 is 1.00 bits per heavy atom. The predicted octanol–water partition coefficient (Wildman–Crippen LogP) is 2.48. The van der Waals surface area contributed by atoms with Crippen LogP contribution in [0.15, 0.2) is 59.7 Å². The van der Waals surface area contributed by atoms with Gasteiger partial charge < -0.3 is 9.47 Å². The van der Waals surface area contributed by atoms with Gasteiger partial charge in [-0.25, -0.2) is 0 Å². The van der Waals surface area contributed by atoms with E-state index >= 15 is 0 Å². The Hall–Kier alpha value is -3.80. The molecular weight excluding hydrogens is 432 g/mol. The van der Waals surface area contributed by atoms with E-state index in [4.69, 9.17) is 9.47 Å². The lowest BCUT2D eigenvalue weighted by Gasteiger charge is -2.38. The van der Waals surface area contributed by atoms with Gasteiger partial charge in [0.25, 0.3) is 0 Å². The van der Waals surface area contributed by atoms with Gasteiger partial charge in [-0.2, -0.15) is 0 Å². The third-order valence-electron chi connectivity index (χ3n) is 7.72. The molecule has 0 aromatic heterocycles. The lowest BCUT2D eigenvalue weighted by Crippen LogP contribution is -2.48. The summed E-state index contributed by atoms with van der Waals surface area (Å²) in [5.41, 5.74) is 4.02. The van der Waals surface area contributed by atoms with Crippen molar-refractivity contribution < 1.29 is 28.7 Å². The molecule has 12 bridgehead atoms. The zero-order chi connectivity index (χ0) is 23.1. The molecule has 2 aromatic carbocycles. The van der Waals surface area contributed by atoms with Crippen molar-refractivity contribution >= 4 is 23.1 Å². The van der Waals surface area contributed by atoms with Crippen LogP contribution in [-0.4, -0.2) is 35.3 Å². The van der Waals surface area contributed by atoms with Gasteiger partial charge in [-0.15, -0.1) is 0 Å². The van der Waals surface area contributed by atoms with Crippen LogP contribution in [0.2, 0.25) is 0 Å². The van der Waals surface area contributed by atoms with Gasteiger partial charge in [0.15, 0.2) is 35.3 Å². The van der Waals surface area contributed by atoms with Crippen LogP contribution in [0.1, 0.15) is 22.3 Å². The average Bonchev–Trinajstić information content (AvgIpc) is 2.83. The fourth-order valence-electron chi connectivity index (χ4n) is 6.07. The molecule has 0 radical (unpaired) electrons. The first-order valence-electron chi connectivity index (χ1n) is 11.6. The largest absolute Gasteiger partial charge is 0.481 e. The predicted molar refractivity (Wildman–Crippen MR) is 120 cm³/mol. The second-order valence-corrected chi connectivity index (χ2v) is 9.73. The first-order valence-corrected chi connectivity index (χ1v) is 11.6. The fraction of sp³-hybridized carbons (Fsp3) is 0.286. The molecule has 9 aliphatic heterocycles. The van der Waals surface area contributed by atoms with Crippen LogP contribution in [0, 0.1) is 11.8 Å². The molecule has 3 aliphatic carbocycles. The quantitative estimate of drug-likeness (QED) is 0.611. The molecule has 12 aliphatic rings. The second kappa shape index (κ2) is 6.86. The number of hydrogen-bond donors (Lipinski definition) is 0. The van der Waals surface area contributed by atoms with Crippen molar-refractivity contribution in [3.8, 4) is 11.5 Å². The van der Waals surface area contributed by atoms with Crippen molar-refractivity contribution in [3.05, 3.63) is 82.0 Å². The zero-order valence-electron chi connectivity index (χ0n) is 18.2. The van der Waals surface area contributed by atoms with Crippen molar-refractivity contribution in [1.82, 2.24) is 0 Å². The molecule has 6 nitrogen and oxygen atoms in total. The maximum Gasteiger partial charge on any atom is 0.197 e. The molecule has 0 fully saturated rings. The first-order chi connectivity index (χ1) is 16.5. The van der Waals surface area contributed by atoms with Crippen molar-refractivity contribution in [2.75, 3.05) is 0 Å². The maximum absolute atomic E-state index is 13.5. The van der Waals surface area contributed by atoms with Crippen LogP contribution in [-0.2, 0) is 44.9 Å². The third kappa shape index (κ3) is 2.68. The Labute approximate surface area is 195 Å². The molecule has 2 aromatic rings. The summed E-state index contributed by atoms with van der Waals surface area (Å²) in [6.45, 7) is 0. The molecule has 0 spiro atoms. The topological polar surface area (TPSA) is 86.7 Å². The minimum atomic E-state index is -0.873. The lowest BCUT2D eigenvalue weighted by atomic mass is 9.74. The molecule has 0 amide bonds. The van der Waals surface area contributed by atoms with Crippen molar-refractivity contribution in [3.63, 3.8) is 0 Å². The second-order valence-electron chi connectivity index (χ2n) is 9.73. The monoisotopic (exact) mass is 452 g/mol. The molecule has 34 heavy (non-hydrogen) atoms. The summed E-state index contributed by atoms with van der Waals surface area (Å²) in [6, 6.07) is 11.2. The van der Waals surface area contributed by atoms with Gasteiger partial charge in [0, 0.05) is 24.0 Å². The van der Waals surface area contributed by atoms with Crippen LogP contribution in [0.4, 0.5) is 0 Å². The number of ether oxygens (including phenoxy) is 2. The Balaban J connectivity index is 1.46. The number of hydrogen-bond acceptors (Lipinski definition) is 6. The number of ketones is 4. The van der Waals surface area contributed by atoms with Crippen molar-refractivity contribution in [2.45, 2.75) is 37.9 Å². The molecule has 9 heterocycles. The number of carbonyl (C=O) groups excluding carboxylic acids is 4. The molecule has 0 N–H and O–H groups in total. The normalized spacial score (nSPS) is 28.6. The van der Waals surface area contributed by atoms with E-state index in [0.717, 1.165) is 22.3 Å². The fourth-order valence-corrected chi connectivity index (χ4v) is 6.07. The highest BCUT2D eigenvalue weighted by Crippen LogP contribution is 2.43. The standard InChI is InChI=1S/C28H20O6/c29-21-11-17-7-13-3-1-5-15-9-19-24(32)18(12-22(30)27(19)33-25(13)15)8-14-4-2-6-16-10-20(23(17)31)28(21)34-26(14)16/h1-6,11-12,19-20,27-28H,7-10H2. The van der Waals surface area contributed by atoms with Gasteiger partial charge in [0.2, 0.25) is 0 Å². The van der Waals surface area contributed by atoms with E-state index < -0.39 is 24.0 Å². The molecule has 4 unspecified atom stereocenters. The van der Waals surface area contributed by atoms with Crippen LogP contribution < -0.4 is 9.47 Å². The first kappa shape index (κ1) is 19.6. The highest BCUT2D eigenvalue weighted by Gasteiger charge is 2.47. The van der Waals surface area contributed by atoms with Gasteiger partial charge in [-0.3, -0.25) is 19.2 Å². The Morgan fingerprint density at radius 1 is 0.588 bits per heavy atom. The summed E-state index contributed by atoms with van der Waals surface area (Å²) in [6.07, 6.45) is 2.33. The molecular formula is C28H20O6. The zero-order valence-corrected chi connectivity index (χ0v) is 18.2. The van der Waals surface area contributed by atoms with E-state index in [1.54, 1.807) is 0 Å². The van der Waals surface area contributed by atoms with Gasteiger partial charge in [-0.05, 0) is 47.2 Å². The summed E-state index contributed by atoms with van der Waals surface area (Å²) in [7, 11) is 0. The molecule has 14 rings (SSSR count). The van der Waals surface area contributed by atoms with E-state index in [-0.39, 0.29) is 36.0 Å². The van der Waals surface area contributed by atoms with Crippen LogP contribution in [0.25, 0.3) is 0 Å². The molecule has 168 valence electrons. The number of Topliss-reactive ketones (excluding diaryl/α,β-unsaturated/α-hetero) is 2. The minimum absolute atomic E-state index is 0.0884. The van der Waals surface area contributed by atoms with Crippen LogP contribution in [0.5, 0.6) is 11.5 Å². The number of benzene rings is 2. The SMILES string of the molecule is O=C1C2=CC(=O)C3Oc4c(cccc4CC13)CC1=CC(=O)C3Oc4c(cccc4CC3C1=O)C2. The Kier molecular flexibility index (Phi) is 3.96. The smallest absolute Gasteiger partial charge is 0.197 e. The minimum Gasteiger partial charge on any atom is -0.481 e. The number of allylic oxidation sites excluding steroid dienone is 2. The summed E-state index contributed by atoms with van der Waals surface area (Å²) >= 11 is 0. The number of carbonyl (C=O) groups is 4. The highest BCUT2D eigenvalue weighted by atomic mass is 16.5.